The van der Waals surface area contributed by atoms with Gasteiger partial charge >= 0.3 is 5.97 Å². The van der Waals surface area contributed by atoms with Gasteiger partial charge in [0.05, 0.1) is 12.5 Å². The summed E-state index contributed by atoms with van der Waals surface area (Å²) in [6.07, 6.45) is 4.62. The number of fused-ring (bicyclic) bond motifs is 4. The summed E-state index contributed by atoms with van der Waals surface area (Å²) in [6.45, 7) is 2.13. The highest BCUT2D eigenvalue weighted by Crippen LogP contribution is 2.77. The van der Waals surface area contributed by atoms with Crippen LogP contribution in [-0.2, 0) is 14.3 Å². The number of hydrogen-bond donors (Lipinski definition) is 0. The van der Waals surface area contributed by atoms with Crippen molar-refractivity contribution in [3.05, 3.63) is 0 Å². The predicted octanol–water partition coefficient (Wildman–Crippen LogP) is 1.94. The lowest BCUT2D eigenvalue weighted by Gasteiger charge is -2.73. The molecule has 3 aliphatic carbocycles. The average molecular weight is 222 g/mol. The maximum absolute atomic E-state index is 12.0. The molecule has 0 aromatic heterocycles. The molecule has 3 saturated carbocycles. The van der Waals surface area contributed by atoms with Gasteiger partial charge in [-0.2, -0.15) is 0 Å². The molecule has 0 bridgehead atoms. The van der Waals surface area contributed by atoms with Gasteiger partial charge in [-0.15, -0.1) is 0 Å². The first-order valence-corrected chi connectivity index (χ1v) is 6.19. The van der Waals surface area contributed by atoms with E-state index in [1.165, 1.54) is 7.11 Å². The number of ketones is 1. The number of rotatable bonds is 1. The highest BCUT2D eigenvalue weighted by molar-refractivity contribution is 5.91. The molecule has 4 atom stereocenters. The van der Waals surface area contributed by atoms with Crippen LogP contribution in [0, 0.1) is 22.7 Å². The van der Waals surface area contributed by atoms with E-state index in [9.17, 15) is 9.59 Å². The Balaban J connectivity index is 1.99. The molecule has 88 valence electrons. The molecule has 0 amide bonds. The van der Waals surface area contributed by atoms with Crippen LogP contribution in [-0.4, -0.2) is 18.9 Å². The van der Waals surface area contributed by atoms with Crippen LogP contribution in [0.3, 0.4) is 0 Å². The summed E-state index contributed by atoms with van der Waals surface area (Å²) in [6, 6.07) is 0. The van der Waals surface area contributed by atoms with E-state index in [2.05, 4.69) is 6.92 Å². The Labute approximate surface area is 95.5 Å². The summed E-state index contributed by atoms with van der Waals surface area (Å²) in [5.74, 6) is 0.752. The topological polar surface area (TPSA) is 43.4 Å². The van der Waals surface area contributed by atoms with E-state index >= 15 is 0 Å². The largest absolute Gasteiger partial charge is 0.469 e. The molecule has 4 unspecified atom stereocenters. The van der Waals surface area contributed by atoms with Crippen molar-refractivity contribution >= 4 is 11.8 Å². The molecule has 0 N–H and O–H groups in total. The molecule has 0 aliphatic heterocycles. The minimum Gasteiger partial charge on any atom is -0.469 e. The molecule has 0 aromatic rings. The zero-order chi connectivity index (χ0) is 11.6. The molecule has 3 nitrogen and oxygen atoms in total. The molecule has 3 fully saturated rings. The summed E-state index contributed by atoms with van der Waals surface area (Å²) in [4.78, 5) is 24.0. The Morgan fingerprint density at radius 3 is 2.75 bits per heavy atom. The zero-order valence-electron chi connectivity index (χ0n) is 9.91. The van der Waals surface area contributed by atoms with Crippen LogP contribution < -0.4 is 0 Å². The van der Waals surface area contributed by atoms with E-state index in [4.69, 9.17) is 4.74 Å². The first kappa shape index (κ1) is 10.3. The smallest absolute Gasteiger partial charge is 0.312 e. The van der Waals surface area contributed by atoms with Gasteiger partial charge in [-0.1, -0.05) is 6.92 Å². The number of carbonyl (C=O) groups excluding carboxylic acids is 2. The van der Waals surface area contributed by atoms with Crippen LogP contribution in [0.2, 0.25) is 0 Å². The molecule has 0 heterocycles. The van der Waals surface area contributed by atoms with Gasteiger partial charge in [-0.05, 0) is 37.0 Å². The van der Waals surface area contributed by atoms with E-state index in [-0.39, 0.29) is 28.6 Å². The lowest BCUT2D eigenvalue weighted by Crippen LogP contribution is -2.75. The van der Waals surface area contributed by atoms with Gasteiger partial charge < -0.3 is 4.74 Å². The van der Waals surface area contributed by atoms with Crippen LogP contribution >= 0.6 is 0 Å². The van der Waals surface area contributed by atoms with E-state index in [1.807, 2.05) is 0 Å². The summed E-state index contributed by atoms with van der Waals surface area (Å²) in [5.41, 5.74) is -0.402. The summed E-state index contributed by atoms with van der Waals surface area (Å²) >= 11 is 0. The first-order chi connectivity index (χ1) is 7.58. The van der Waals surface area contributed by atoms with Crippen molar-refractivity contribution in [1.29, 1.82) is 0 Å². The molecule has 16 heavy (non-hydrogen) atoms. The van der Waals surface area contributed by atoms with E-state index in [0.29, 0.717) is 12.2 Å². The van der Waals surface area contributed by atoms with Crippen molar-refractivity contribution in [3.8, 4) is 0 Å². The Hall–Kier alpha value is -0.860. The van der Waals surface area contributed by atoms with Gasteiger partial charge in [-0.3, -0.25) is 9.59 Å². The van der Waals surface area contributed by atoms with E-state index in [1.54, 1.807) is 0 Å². The third-order valence-electron chi connectivity index (χ3n) is 5.61. The normalized spacial score (nSPS) is 49.5. The molecule has 0 radical (unpaired) electrons. The highest BCUT2D eigenvalue weighted by atomic mass is 16.5. The van der Waals surface area contributed by atoms with Gasteiger partial charge in [0.1, 0.15) is 5.78 Å². The lowest BCUT2D eigenvalue weighted by molar-refractivity contribution is -0.267. The van der Waals surface area contributed by atoms with Crippen LogP contribution in [0.1, 0.15) is 39.0 Å². The Bertz CT molecular complexity index is 375. The molecule has 3 rings (SSSR count). The maximum atomic E-state index is 12.0. The van der Waals surface area contributed by atoms with Crippen LogP contribution in [0.4, 0.5) is 0 Å². The quantitative estimate of drug-likeness (QED) is 0.637. The maximum Gasteiger partial charge on any atom is 0.312 e. The number of esters is 1. The fourth-order valence-corrected chi connectivity index (χ4v) is 4.80. The second-order valence-corrected chi connectivity index (χ2v) is 5.82. The monoisotopic (exact) mass is 222 g/mol. The second kappa shape index (κ2) is 2.88. The average Bonchev–Trinajstić information content (AvgIpc) is 2.22. The van der Waals surface area contributed by atoms with Gasteiger partial charge in [0.25, 0.3) is 0 Å². The van der Waals surface area contributed by atoms with Gasteiger partial charge in [-0.25, -0.2) is 0 Å². The van der Waals surface area contributed by atoms with Gasteiger partial charge in [0.2, 0.25) is 0 Å². The number of Topliss-reactive ketones (excluding diaryl/α,β-unsaturated/α-hetero) is 1. The summed E-state index contributed by atoms with van der Waals surface area (Å²) < 4.78 is 4.98. The van der Waals surface area contributed by atoms with E-state index in [0.717, 1.165) is 25.7 Å². The van der Waals surface area contributed by atoms with Gasteiger partial charge in [0.15, 0.2) is 0 Å². The molecule has 0 aromatic carbocycles. The van der Waals surface area contributed by atoms with Crippen molar-refractivity contribution in [3.63, 3.8) is 0 Å². The minimum absolute atomic E-state index is 0.0720. The zero-order valence-corrected chi connectivity index (χ0v) is 9.91. The van der Waals surface area contributed by atoms with Gasteiger partial charge in [0, 0.05) is 12.3 Å². The summed E-state index contributed by atoms with van der Waals surface area (Å²) in [5, 5.41) is 0. The molecular weight excluding hydrogens is 204 g/mol. The fraction of sp³-hybridized carbons (Fsp3) is 0.846. The number of ether oxygens (including phenoxy) is 1. The standard InChI is InChI=1S/C13H18O3/c1-12-6-3-4-9(14)10(12)8-5-7-13(8,12)11(15)16-2/h8,10H,3-7H2,1-2H3. The van der Waals surface area contributed by atoms with Crippen molar-refractivity contribution in [2.75, 3.05) is 7.11 Å². The molecule has 3 aliphatic rings. The Morgan fingerprint density at radius 1 is 1.44 bits per heavy atom. The van der Waals surface area contributed by atoms with Crippen molar-refractivity contribution < 1.29 is 14.3 Å². The fourth-order valence-electron chi connectivity index (χ4n) is 4.80. The number of carbonyl (C=O) groups is 2. The third-order valence-corrected chi connectivity index (χ3v) is 5.61. The SMILES string of the molecule is COC(=O)C12CCC1C1C(=O)CCCC12C. The lowest BCUT2D eigenvalue weighted by atomic mass is 9.28. The number of hydrogen-bond acceptors (Lipinski definition) is 3. The van der Waals surface area contributed by atoms with Crippen LogP contribution in [0.25, 0.3) is 0 Å². The predicted molar refractivity (Wildman–Crippen MR) is 57.6 cm³/mol. The molecule has 3 heteroatoms. The molecule has 0 saturated heterocycles. The van der Waals surface area contributed by atoms with Crippen molar-refractivity contribution in [2.45, 2.75) is 39.0 Å². The summed E-state index contributed by atoms with van der Waals surface area (Å²) in [7, 11) is 1.47. The molecular formula is C13H18O3. The molecule has 0 spiro atoms. The van der Waals surface area contributed by atoms with E-state index < -0.39 is 0 Å². The second-order valence-electron chi connectivity index (χ2n) is 5.82. The Morgan fingerprint density at radius 2 is 2.19 bits per heavy atom. The van der Waals surface area contributed by atoms with Crippen LogP contribution in [0.5, 0.6) is 0 Å². The third kappa shape index (κ3) is 0.802. The van der Waals surface area contributed by atoms with Crippen LogP contribution in [0.15, 0.2) is 0 Å². The van der Waals surface area contributed by atoms with Crippen molar-refractivity contribution in [2.24, 2.45) is 22.7 Å². The Kier molecular flexibility index (Phi) is 1.85. The van der Waals surface area contributed by atoms with Crippen molar-refractivity contribution in [1.82, 2.24) is 0 Å². The minimum atomic E-state index is -0.303. The highest BCUT2D eigenvalue weighted by Gasteiger charge is 2.79. The number of methoxy groups -OCH3 is 1. The first-order valence-electron chi connectivity index (χ1n) is 6.19.